The number of benzene rings is 1. The van der Waals surface area contributed by atoms with Crippen LogP contribution < -0.4 is 19.5 Å². The molecule has 118 valence electrons. The Morgan fingerprint density at radius 1 is 1.10 bits per heavy atom. The number of ether oxygens (including phenoxy) is 3. The van der Waals surface area contributed by atoms with E-state index in [0.717, 1.165) is 31.7 Å². The Morgan fingerprint density at radius 3 is 2.29 bits per heavy atom. The fourth-order valence-electron chi connectivity index (χ4n) is 2.76. The Balaban J connectivity index is 2.40. The first-order chi connectivity index (χ1) is 10.3. The molecule has 0 aromatic heterocycles. The number of nitrogens with one attached hydrogen (secondary N) is 1. The number of nitrogens with zero attached hydrogens (tertiary/aromatic N) is 1. The number of piperazine rings is 1. The maximum atomic E-state index is 13.7. The molecule has 1 aliphatic heterocycles. The van der Waals surface area contributed by atoms with Gasteiger partial charge in [0.05, 0.1) is 27.4 Å². The SMILES string of the molecule is COc1ccc([C@@H](CF)N2CCNCC2)c(OC)c1OC. The summed E-state index contributed by atoms with van der Waals surface area (Å²) < 4.78 is 29.8. The standard InChI is InChI=1S/C15H23FN2O3/c1-19-13-5-4-11(14(20-2)15(13)21-3)12(10-16)18-8-6-17-7-9-18/h4-5,12,17H,6-10H2,1-3H3/t12-/m1/s1. The zero-order valence-corrected chi connectivity index (χ0v) is 12.8. The maximum Gasteiger partial charge on any atom is 0.203 e. The quantitative estimate of drug-likeness (QED) is 0.864. The second kappa shape index (κ2) is 7.47. The van der Waals surface area contributed by atoms with Crippen LogP contribution in [0.1, 0.15) is 11.6 Å². The number of hydrogen-bond donors (Lipinski definition) is 1. The largest absolute Gasteiger partial charge is 0.493 e. The van der Waals surface area contributed by atoms with Gasteiger partial charge in [0.2, 0.25) is 5.75 Å². The Hall–Kier alpha value is -1.53. The summed E-state index contributed by atoms with van der Waals surface area (Å²) >= 11 is 0. The molecule has 1 fully saturated rings. The van der Waals surface area contributed by atoms with E-state index in [1.807, 2.05) is 6.07 Å². The zero-order chi connectivity index (χ0) is 15.2. The summed E-state index contributed by atoms with van der Waals surface area (Å²) in [6.07, 6.45) is 0. The van der Waals surface area contributed by atoms with E-state index in [1.54, 1.807) is 27.4 Å². The van der Waals surface area contributed by atoms with Crippen molar-refractivity contribution < 1.29 is 18.6 Å². The van der Waals surface area contributed by atoms with Crippen molar-refractivity contribution in [3.8, 4) is 17.2 Å². The lowest BCUT2D eigenvalue weighted by Crippen LogP contribution is -2.45. The molecule has 1 atom stereocenters. The van der Waals surface area contributed by atoms with Crippen LogP contribution in [0, 0.1) is 0 Å². The van der Waals surface area contributed by atoms with Crippen LogP contribution >= 0.6 is 0 Å². The highest BCUT2D eigenvalue weighted by Gasteiger charge is 2.27. The summed E-state index contributed by atoms with van der Waals surface area (Å²) in [4.78, 5) is 2.13. The smallest absolute Gasteiger partial charge is 0.203 e. The highest BCUT2D eigenvalue weighted by atomic mass is 19.1. The van der Waals surface area contributed by atoms with Crippen LogP contribution in [0.4, 0.5) is 4.39 Å². The average molecular weight is 298 g/mol. The van der Waals surface area contributed by atoms with E-state index in [-0.39, 0.29) is 6.04 Å². The van der Waals surface area contributed by atoms with Gasteiger partial charge in [-0.25, -0.2) is 4.39 Å². The van der Waals surface area contributed by atoms with E-state index in [4.69, 9.17) is 14.2 Å². The van der Waals surface area contributed by atoms with Gasteiger partial charge in [-0.15, -0.1) is 0 Å². The van der Waals surface area contributed by atoms with Crippen LogP contribution in [0.3, 0.4) is 0 Å². The fourth-order valence-corrected chi connectivity index (χ4v) is 2.76. The summed E-state index contributed by atoms with van der Waals surface area (Å²) in [6, 6.07) is 3.32. The average Bonchev–Trinajstić information content (AvgIpc) is 2.55. The highest BCUT2D eigenvalue weighted by molar-refractivity contribution is 5.56. The number of halogens is 1. The molecule has 1 aromatic rings. The summed E-state index contributed by atoms with van der Waals surface area (Å²) in [5.74, 6) is 1.63. The number of alkyl halides is 1. The van der Waals surface area contributed by atoms with Gasteiger partial charge < -0.3 is 19.5 Å². The van der Waals surface area contributed by atoms with Crippen LogP contribution in [-0.4, -0.2) is 59.1 Å². The number of hydrogen-bond acceptors (Lipinski definition) is 5. The molecule has 21 heavy (non-hydrogen) atoms. The number of methoxy groups -OCH3 is 3. The van der Waals surface area contributed by atoms with Gasteiger partial charge in [-0.2, -0.15) is 0 Å². The minimum absolute atomic E-state index is 0.332. The van der Waals surface area contributed by atoms with Crippen molar-refractivity contribution in [3.63, 3.8) is 0 Å². The van der Waals surface area contributed by atoms with Crippen LogP contribution in [0.25, 0.3) is 0 Å². The van der Waals surface area contributed by atoms with Gasteiger partial charge in [-0.1, -0.05) is 0 Å². The fraction of sp³-hybridized carbons (Fsp3) is 0.600. The molecule has 0 saturated carbocycles. The summed E-state index contributed by atoms with van der Waals surface area (Å²) in [5.41, 5.74) is 0.791. The molecule has 0 radical (unpaired) electrons. The molecular weight excluding hydrogens is 275 g/mol. The van der Waals surface area contributed by atoms with Crippen molar-refractivity contribution >= 4 is 0 Å². The molecule has 1 aromatic carbocycles. The first-order valence-electron chi connectivity index (χ1n) is 7.06. The van der Waals surface area contributed by atoms with Gasteiger partial charge in [0, 0.05) is 31.7 Å². The van der Waals surface area contributed by atoms with Crippen molar-refractivity contribution in [2.24, 2.45) is 0 Å². The molecular formula is C15H23FN2O3. The second-order valence-electron chi connectivity index (χ2n) is 4.88. The van der Waals surface area contributed by atoms with Gasteiger partial charge in [-0.3, -0.25) is 4.90 Å². The van der Waals surface area contributed by atoms with E-state index in [1.165, 1.54) is 0 Å². The minimum Gasteiger partial charge on any atom is -0.493 e. The summed E-state index contributed by atoms with van der Waals surface area (Å²) in [7, 11) is 4.69. The van der Waals surface area contributed by atoms with Gasteiger partial charge in [0.1, 0.15) is 6.67 Å². The molecule has 0 spiro atoms. The lowest BCUT2D eigenvalue weighted by molar-refractivity contribution is 0.144. The summed E-state index contributed by atoms with van der Waals surface area (Å²) in [6.45, 7) is 2.89. The normalized spacial score (nSPS) is 17.3. The van der Waals surface area contributed by atoms with Crippen molar-refractivity contribution in [1.29, 1.82) is 0 Å². The molecule has 2 rings (SSSR count). The van der Waals surface area contributed by atoms with Crippen LogP contribution in [0.15, 0.2) is 12.1 Å². The molecule has 1 heterocycles. The Morgan fingerprint density at radius 2 is 1.76 bits per heavy atom. The predicted octanol–water partition coefficient (Wildman–Crippen LogP) is 1.63. The van der Waals surface area contributed by atoms with E-state index in [0.29, 0.717) is 17.2 Å². The molecule has 0 bridgehead atoms. The van der Waals surface area contributed by atoms with E-state index >= 15 is 0 Å². The molecule has 6 heteroatoms. The van der Waals surface area contributed by atoms with Gasteiger partial charge in [0.25, 0.3) is 0 Å². The third-order valence-electron chi connectivity index (χ3n) is 3.83. The van der Waals surface area contributed by atoms with E-state index in [9.17, 15) is 4.39 Å². The molecule has 1 saturated heterocycles. The topological polar surface area (TPSA) is 43.0 Å². The predicted molar refractivity (Wildman–Crippen MR) is 79.3 cm³/mol. The lowest BCUT2D eigenvalue weighted by Gasteiger charge is -2.34. The third kappa shape index (κ3) is 3.22. The Kier molecular flexibility index (Phi) is 5.64. The monoisotopic (exact) mass is 298 g/mol. The summed E-state index contributed by atoms with van der Waals surface area (Å²) in [5, 5.41) is 3.27. The van der Waals surface area contributed by atoms with Crippen LogP contribution in [0.5, 0.6) is 17.2 Å². The highest BCUT2D eigenvalue weighted by Crippen LogP contribution is 2.43. The zero-order valence-electron chi connectivity index (χ0n) is 12.8. The Bertz CT molecular complexity index is 464. The van der Waals surface area contributed by atoms with Crippen molar-refractivity contribution in [2.45, 2.75) is 6.04 Å². The lowest BCUT2D eigenvalue weighted by atomic mass is 10.0. The van der Waals surface area contributed by atoms with E-state index in [2.05, 4.69) is 10.2 Å². The molecule has 1 N–H and O–H groups in total. The van der Waals surface area contributed by atoms with Crippen LogP contribution in [-0.2, 0) is 0 Å². The molecule has 0 amide bonds. The van der Waals surface area contributed by atoms with Crippen LogP contribution in [0.2, 0.25) is 0 Å². The maximum absolute atomic E-state index is 13.7. The molecule has 5 nitrogen and oxygen atoms in total. The van der Waals surface area contributed by atoms with Gasteiger partial charge >= 0.3 is 0 Å². The molecule has 0 aliphatic carbocycles. The van der Waals surface area contributed by atoms with Gasteiger partial charge in [0.15, 0.2) is 11.5 Å². The van der Waals surface area contributed by atoms with Gasteiger partial charge in [-0.05, 0) is 12.1 Å². The first kappa shape index (κ1) is 15.9. The first-order valence-corrected chi connectivity index (χ1v) is 7.06. The van der Waals surface area contributed by atoms with Crippen molar-refractivity contribution in [3.05, 3.63) is 17.7 Å². The van der Waals surface area contributed by atoms with Crippen molar-refractivity contribution in [1.82, 2.24) is 10.2 Å². The molecule has 1 aliphatic rings. The second-order valence-corrected chi connectivity index (χ2v) is 4.88. The molecule has 0 unspecified atom stereocenters. The third-order valence-corrected chi connectivity index (χ3v) is 3.83. The van der Waals surface area contributed by atoms with Crippen molar-refractivity contribution in [2.75, 3.05) is 54.2 Å². The Labute approximate surface area is 125 Å². The number of rotatable bonds is 6. The minimum atomic E-state index is -0.466. The van der Waals surface area contributed by atoms with E-state index < -0.39 is 6.67 Å².